The average molecular weight is 223 g/mol. The molecular formula is C12H17NOS. The summed E-state index contributed by atoms with van der Waals surface area (Å²) in [5, 5.41) is 2.03. The van der Waals surface area contributed by atoms with E-state index in [4.69, 9.17) is 0 Å². The van der Waals surface area contributed by atoms with Crippen molar-refractivity contribution in [2.45, 2.75) is 38.6 Å². The summed E-state index contributed by atoms with van der Waals surface area (Å²) >= 11 is 1.67. The van der Waals surface area contributed by atoms with Crippen molar-refractivity contribution in [3.05, 3.63) is 22.4 Å². The molecule has 82 valence electrons. The third kappa shape index (κ3) is 2.59. The molecule has 1 aromatic rings. The maximum Gasteiger partial charge on any atom is 0.228 e. The summed E-state index contributed by atoms with van der Waals surface area (Å²) < 4.78 is 0. The van der Waals surface area contributed by atoms with Gasteiger partial charge in [-0.1, -0.05) is 6.07 Å². The Labute approximate surface area is 94.9 Å². The van der Waals surface area contributed by atoms with Crippen LogP contribution >= 0.6 is 11.3 Å². The van der Waals surface area contributed by atoms with E-state index in [1.54, 1.807) is 11.3 Å². The summed E-state index contributed by atoms with van der Waals surface area (Å²) in [4.78, 5) is 15.2. The molecule has 2 rings (SSSR count). The van der Waals surface area contributed by atoms with E-state index in [9.17, 15) is 4.79 Å². The number of carbonyl (C=O) groups is 1. The van der Waals surface area contributed by atoms with E-state index < -0.39 is 0 Å². The molecule has 1 aliphatic rings. The minimum Gasteiger partial charge on any atom is -0.340 e. The Balaban J connectivity index is 1.95. The lowest BCUT2D eigenvalue weighted by atomic mass is 10.0. The quantitative estimate of drug-likeness (QED) is 0.755. The second kappa shape index (κ2) is 4.79. The number of rotatable bonds is 2. The van der Waals surface area contributed by atoms with E-state index in [2.05, 4.69) is 6.92 Å². The lowest BCUT2D eigenvalue weighted by molar-refractivity contribution is -0.133. The van der Waals surface area contributed by atoms with Gasteiger partial charge in [-0.15, -0.1) is 11.3 Å². The van der Waals surface area contributed by atoms with Crippen molar-refractivity contribution in [2.24, 2.45) is 0 Å². The molecule has 2 heterocycles. The third-order valence-electron chi connectivity index (χ3n) is 3.03. The van der Waals surface area contributed by atoms with Gasteiger partial charge in [-0.3, -0.25) is 4.79 Å². The van der Waals surface area contributed by atoms with E-state index in [1.807, 2.05) is 22.4 Å². The smallest absolute Gasteiger partial charge is 0.228 e. The summed E-state index contributed by atoms with van der Waals surface area (Å²) in [6.45, 7) is 3.11. The van der Waals surface area contributed by atoms with Gasteiger partial charge in [0.2, 0.25) is 5.91 Å². The zero-order chi connectivity index (χ0) is 10.7. The van der Waals surface area contributed by atoms with Gasteiger partial charge in [-0.2, -0.15) is 0 Å². The Morgan fingerprint density at radius 3 is 3.13 bits per heavy atom. The van der Waals surface area contributed by atoms with Crippen LogP contribution in [0, 0.1) is 0 Å². The van der Waals surface area contributed by atoms with Crippen molar-refractivity contribution in [1.29, 1.82) is 0 Å². The van der Waals surface area contributed by atoms with Crippen LogP contribution in [0.4, 0.5) is 0 Å². The Kier molecular flexibility index (Phi) is 3.41. The number of likely N-dealkylation sites (tertiary alicyclic amines) is 1. The number of amides is 1. The van der Waals surface area contributed by atoms with Gasteiger partial charge in [-0.05, 0) is 37.6 Å². The molecule has 0 spiro atoms. The average Bonchev–Trinajstić information content (AvgIpc) is 2.71. The Morgan fingerprint density at radius 1 is 1.60 bits per heavy atom. The molecular weight excluding hydrogens is 206 g/mol. The van der Waals surface area contributed by atoms with Crippen LogP contribution in [0.5, 0.6) is 0 Å². The Bertz CT molecular complexity index is 320. The number of carbonyl (C=O) groups excluding carboxylic acids is 1. The standard InChI is InChI=1S/C12H17NOS/c1-10-5-2-3-7-13(10)12(14)9-11-6-4-8-15-11/h4,6,8,10H,2-3,5,7,9H2,1H3. The highest BCUT2D eigenvalue weighted by molar-refractivity contribution is 7.10. The molecule has 2 nitrogen and oxygen atoms in total. The fourth-order valence-electron chi connectivity index (χ4n) is 2.13. The fraction of sp³-hybridized carbons (Fsp3) is 0.583. The number of hydrogen-bond acceptors (Lipinski definition) is 2. The van der Waals surface area contributed by atoms with Crippen molar-refractivity contribution < 1.29 is 4.79 Å². The fourth-order valence-corrected chi connectivity index (χ4v) is 2.83. The second-order valence-electron chi connectivity index (χ2n) is 4.19. The van der Waals surface area contributed by atoms with E-state index >= 15 is 0 Å². The summed E-state index contributed by atoms with van der Waals surface area (Å²) in [6.07, 6.45) is 4.18. The molecule has 15 heavy (non-hydrogen) atoms. The van der Waals surface area contributed by atoms with Crippen molar-refractivity contribution in [2.75, 3.05) is 6.54 Å². The molecule has 1 unspecified atom stereocenters. The number of thiophene rings is 1. The zero-order valence-corrected chi connectivity index (χ0v) is 9.93. The maximum atomic E-state index is 12.0. The predicted molar refractivity (Wildman–Crippen MR) is 63.0 cm³/mol. The van der Waals surface area contributed by atoms with Gasteiger partial charge in [0.25, 0.3) is 0 Å². The summed E-state index contributed by atoms with van der Waals surface area (Å²) in [6, 6.07) is 4.48. The molecule has 1 atom stereocenters. The molecule has 1 fully saturated rings. The molecule has 0 radical (unpaired) electrons. The third-order valence-corrected chi connectivity index (χ3v) is 3.91. The zero-order valence-electron chi connectivity index (χ0n) is 9.11. The van der Waals surface area contributed by atoms with Crippen molar-refractivity contribution in [1.82, 2.24) is 4.90 Å². The topological polar surface area (TPSA) is 20.3 Å². The van der Waals surface area contributed by atoms with Crippen LogP contribution in [0.25, 0.3) is 0 Å². The molecule has 1 aliphatic heterocycles. The molecule has 0 aliphatic carbocycles. The van der Waals surface area contributed by atoms with Crippen LogP contribution in [0.2, 0.25) is 0 Å². The first-order valence-corrected chi connectivity index (χ1v) is 6.47. The SMILES string of the molecule is CC1CCCCN1C(=O)Cc1cccs1. The van der Waals surface area contributed by atoms with Gasteiger partial charge < -0.3 is 4.90 Å². The molecule has 0 saturated carbocycles. The highest BCUT2D eigenvalue weighted by Crippen LogP contribution is 2.18. The van der Waals surface area contributed by atoms with Crippen molar-refractivity contribution >= 4 is 17.2 Å². The van der Waals surface area contributed by atoms with Gasteiger partial charge in [0.1, 0.15) is 0 Å². The van der Waals surface area contributed by atoms with Crippen LogP contribution in [-0.4, -0.2) is 23.4 Å². The Morgan fingerprint density at radius 2 is 2.47 bits per heavy atom. The van der Waals surface area contributed by atoms with E-state index in [0.717, 1.165) is 13.0 Å². The largest absolute Gasteiger partial charge is 0.340 e. The van der Waals surface area contributed by atoms with Gasteiger partial charge >= 0.3 is 0 Å². The van der Waals surface area contributed by atoms with Crippen LogP contribution in [0.15, 0.2) is 17.5 Å². The first-order chi connectivity index (χ1) is 7.27. The second-order valence-corrected chi connectivity index (χ2v) is 5.22. The minimum absolute atomic E-state index is 0.296. The molecule has 3 heteroatoms. The number of hydrogen-bond donors (Lipinski definition) is 0. The first kappa shape index (κ1) is 10.7. The monoisotopic (exact) mass is 223 g/mol. The van der Waals surface area contributed by atoms with Gasteiger partial charge in [-0.25, -0.2) is 0 Å². The summed E-state index contributed by atoms with van der Waals surface area (Å²) in [7, 11) is 0. The van der Waals surface area contributed by atoms with E-state index in [-0.39, 0.29) is 0 Å². The van der Waals surface area contributed by atoms with Crippen LogP contribution in [-0.2, 0) is 11.2 Å². The Hall–Kier alpha value is -0.830. The molecule has 0 N–H and O–H groups in total. The van der Waals surface area contributed by atoms with E-state index in [0.29, 0.717) is 18.4 Å². The molecule has 0 aromatic carbocycles. The maximum absolute atomic E-state index is 12.0. The summed E-state index contributed by atoms with van der Waals surface area (Å²) in [5.74, 6) is 0.296. The van der Waals surface area contributed by atoms with Crippen LogP contribution < -0.4 is 0 Å². The van der Waals surface area contributed by atoms with E-state index in [1.165, 1.54) is 17.7 Å². The number of nitrogens with zero attached hydrogens (tertiary/aromatic N) is 1. The number of piperidine rings is 1. The lowest BCUT2D eigenvalue weighted by Crippen LogP contribution is -2.42. The highest BCUT2D eigenvalue weighted by Gasteiger charge is 2.22. The highest BCUT2D eigenvalue weighted by atomic mass is 32.1. The van der Waals surface area contributed by atoms with Gasteiger partial charge in [0, 0.05) is 17.5 Å². The van der Waals surface area contributed by atoms with Crippen molar-refractivity contribution in [3.8, 4) is 0 Å². The normalized spacial score (nSPS) is 21.7. The molecule has 0 bridgehead atoms. The lowest BCUT2D eigenvalue weighted by Gasteiger charge is -2.33. The predicted octanol–water partition coefficient (Wildman–Crippen LogP) is 2.69. The molecule has 1 amide bonds. The summed E-state index contributed by atoms with van der Waals surface area (Å²) in [5.41, 5.74) is 0. The first-order valence-electron chi connectivity index (χ1n) is 5.59. The van der Waals surface area contributed by atoms with Crippen molar-refractivity contribution in [3.63, 3.8) is 0 Å². The van der Waals surface area contributed by atoms with Crippen LogP contribution in [0.1, 0.15) is 31.1 Å². The van der Waals surface area contributed by atoms with Gasteiger partial charge in [0.05, 0.1) is 6.42 Å². The van der Waals surface area contributed by atoms with Crippen LogP contribution in [0.3, 0.4) is 0 Å². The molecule has 1 saturated heterocycles. The molecule has 1 aromatic heterocycles. The minimum atomic E-state index is 0.296. The van der Waals surface area contributed by atoms with Gasteiger partial charge in [0.15, 0.2) is 0 Å².